The fourth-order valence-corrected chi connectivity index (χ4v) is 10.6. The maximum Gasteiger partial charge on any atom is 0.183 e. The van der Waals surface area contributed by atoms with Crippen LogP contribution in [0.4, 0.5) is 0 Å². The summed E-state index contributed by atoms with van der Waals surface area (Å²) < 4.78 is 5.95. The van der Waals surface area contributed by atoms with Crippen molar-refractivity contribution in [1.29, 1.82) is 0 Å². The standard InChI is InChI=1S/C9H24OSi2/c1-6-7-8-10-12(4,5)9-11(2)3/h11H,6-9H2,1-5H3. The summed E-state index contributed by atoms with van der Waals surface area (Å²) >= 11 is 0. The van der Waals surface area contributed by atoms with Gasteiger partial charge in [-0.3, -0.25) is 0 Å². The highest BCUT2D eigenvalue weighted by atomic mass is 28.4. The van der Waals surface area contributed by atoms with Crippen molar-refractivity contribution in [2.75, 3.05) is 6.61 Å². The van der Waals surface area contributed by atoms with Gasteiger partial charge < -0.3 is 4.43 Å². The molecule has 0 fully saturated rings. The Balaban J connectivity index is 3.56. The normalized spacial score (nSPS) is 12.5. The van der Waals surface area contributed by atoms with E-state index in [1.54, 1.807) is 0 Å². The molecule has 0 heterocycles. The van der Waals surface area contributed by atoms with Crippen LogP contribution < -0.4 is 0 Å². The Bertz CT molecular complexity index is 113. The van der Waals surface area contributed by atoms with Gasteiger partial charge >= 0.3 is 0 Å². The van der Waals surface area contributed by atoms with Gasteiger partial charge in [0, 0.05) is 15.4 Å². The quantitative estimate of drug-likeness (QED) is 0.477. The van der Waals surface area contributed by atoms with E-state index >= 15 is 0 Å². The summed E-state index contributed by atoms with van der Waals surface area (Å²) in [6, 6.07) is 0. The van der Waals surface area contributed by atoms with Crippen LogP contribution in [0.2, 0.25) is 31.9 Å². The molecule has 12 heavy (non-hydrogen) atoms. The van der Waals surface area contributed by atoms with Crippen molar-refractivity contribution in [2.45, 2.75) is 51.6 Å². The summed E-state index contributed by atoms with van der Waals surface area (Å²) in [6.07, 6.45) is 2.49. The minimum absolute atomic E-state index is 0.410. The third-order valence-electron chi connectivity index (χ3n) is 1.89. The van der Waals surface area contributed by atoms with Crippen LogP contribution in [-0.4, -0.2) is 23.7 Å². The van der Waals surface area contributed by atoms with Crippen LogP contribution in [0.25, 0.3) is 0 Å². The van der Waals surface area contributed by atoms with Crippen molar-refractivity contribution >= 4 is 17.1 Å². The van der Waals surface area contributed by atoms with E-state index in [1.165, 1.54) is 18.5 Å². The molecule has 0 aliphatic heterocycles. The molecule has 0 radical (unpaired) electrons. The molecule has 0 bridgehead atoms. The van der Waals surface area contributed by atoms with Crippen molar-refractivity contribution < 1.29 is 4.43 Å². The van der Waals surface area contributed by atoms with E-state index < -0.39 is 17.1 Å². The van der Waals surface area contributed by atoms with Crippen LogP contribution >= 0.6 is 0 Å². The van der Waals surface area contributed by atoms with E-state index in [1.807, 2.05) is 0 Å². The Hall–Kier alpha value is 0.394. The monoisotopic (exact) mass is 204 g/mol. The molecule has 3 heteroatoms. The van der Waals surface area contributed by atoms with Gasteiger partial charge in [-0.15, -0.1) is 0 Å². The predicted octanol–water partition coefficient (Wildman–Crippen LogP) is 3.03. The summed E-state index contributed by atoms with van der Waals surface area (Å²) in [5.41, 5.74) is 1.43. The maximum absolute atomic E-state index is 5.95. The molecule has 0 aromatic carbocycles. The zero-order valence-electron chi connectivity index (χ0n) is 9.31. The average Bonchev–Trinajstić information content (AvgIpc) is 1.84. The van der Waals surface area contributed by atoms with Crippen molar-refractivity contribution in [3.63, 3.8) is 0 Å². The number of hydrogen-bond acceptors (Lipinski definition) is 1. The molecule has 0 atom stereocenters. The second-order valence-electron chi connectivity index (χ2n) is 4.56. The van der Waals surface area contributed by atoms with Crippen LogP contribution in [0.15, 0.2) is 0 Å². The molecule has 0 saturated carbocycles. The lowest BCUT2D eigenvalue weighted by molar-refractivity contribution is 0.302. The molecule has 0 unspecified atom stereocenters. The number of hydrogen-bond donors (Lipinski definition) is 0. The van der Waals surface area contributed by atoms with Crippen molar-refractivity contribution in [2.24, 2.45) is 0 Å². The first kappa shape index (κ1) is 12.4. The van der Waals surface area contributed by atoms with E-state index in [9.17, 15) is 0 Å². The number of unbranched alkanes of at least 4 members (excludes halogenated alkanes) is 1. The van der Waals surface area contributed by atoms with Crippen LogP contribution in [0, 0.1) is 0 Å². The van der Waals surface area contributed by atoms with Crippen molar-refractivity contribution in [3.8, 4) is 0 Å². The van der Waals surface area contributed by atoms with Gasteiger partial charge in [-0.1, -0.05) is 26.4 Å². The summed E-state index contributed by atoms with van der Waals surface area (Å²) in [5, 5.41) is 0. The van der Waals surface area contributed by atoms with Gasteiger partial charge in [0.05, 0.1) is 0 Å². The second kappa shape index (κ2) is 5.94. The maximum atomic E-state index is 5.95. The molecular formula is C9H24OSi2. The second-order valence-corrected chi connectivity index (χ2v) is 12.8. The minimum Gasteiger partial charge on any atom is -0.418 e. The smallest absolute Gasteiger partial charge is 0.183 e. The van der Waals surface area contributed by atoms with Crippen LogP contribution in [-0.2, 0) is 4.43 Å². The van der Waals surface area contributed by atoms with E-state index in [2.05, 4.69) is 33.1 Å². The molecule has 0 spiro atoms. The molecule has 0 aliphatic carbocycles. The largest absolute Gasteiger partial charge is 0.418 e. The first-order valence-electron chi connectivity index (χ1n) is 5.12. The Labute approximate surface area is 80.3 Å². The average molecular weight is 204 g/mol. The topological polar surface area (TPSA) is 9.23 Å². The zero-order chi connectivity index (χ0) is 9.61. The van der Waals surface area contributed by atoms with Gasteiger partial charge in [-0.05, 0) is 25.2 Å². The summed E-state index contributed by atoms with van der Waals surface area (Å²) in [4.78, 5) is 0. The summed E-state index contributed by atoms with van der Waals surface area (Å²) in [6.45, 7) is 12.8. The van der Waals surface area contributed by atoms with Crippen molar-refractivity contribution in [3.05, 3.63) is 0 Å². The Kier molecular flexibility index (Phi) is 6.14. The zero-order valence-corrected chi connectivity index (χ0v) is 11.5. The first-order valence-corrected chi connectivity index (χ1v) is 11.4. The summed E-state index contributed by atoms with van der Waals surface area (Å²) in [7, 11) is -1.65. The van der Waals surface area contributed by atoms with Crippen LogP contribution in [0.1, 0.15) is 19.8 Å². The predicted molar refractivity (Wildman–Crippen MR) is 62.0 cm³/mol. The van der Waals surface area contributed by atoms with Crippen LogP contribution in [0.3, 0.4) is 0 Å². The van der Waals surface area contributed by atoms with Crippen molar-refractivity contribution in [1.82, 2.24) is 0 Å². The van der Waals surface area contributed by atoms with Gasteiger partial charge in [-0.25, -0.2) is 0 Å². The van der Waals surface area contributed by atoms with Gasteiger partial charge in [0.15, 0.2) is 8.32 Å². The highest BCUT2D eigenvalue weighted by molar-refractivity contribution is 6.83. The lowest BCUT2D eigenvalue weighted by atomic mass is 10.4. The Morgan fingerprint density at radius 2 is 1.83 bits per heavy atom. The van der Waals surface area contributed by atoms with Gasteiger partial charge in [-0.2, -0.15) is 0 Å². The molecular weight excluding hydrogens is 180 g/mol. The number of rotatable bonds is 6. The third kappa shape index (κ3) is 7.07. The van der Waals surface area contributed by atoms with Gasteiger partial charge in [0.1, 0.15) is 0 Å². The SMILES string of the molecule is CCCCO[Si](C)(C)C[SiH](C)C. The van der Waals surface area contributed by atoms with E-state index in [0.29, 0.717) is 0 Å². The molecule has 74 valence electrons. The highest BCUT2D eigenvalue weighted by Crippen LogP contribution is 2.13. The molecule has 0 saturated heterocycles. The van der Waals surface area contributed by atoms with E-state index in [-0.39, 0.29) is 0 Å². The lowest BCUT2D eigenvalue weighted by Gasteiger charge is -2.24. The Morgan fingerprint density at radius 3 is 2.25 bits per heavy atom. The molecule has 0 aromatic rings. The van der Waals surface area contributed by atoms with Gasteiger partial charge in [0.2, 0.25) is 0 Å². The van der Waals surface area contributed by atoms with E-state index in [4.69, 9.17) is 4.43 Å². The molecule has 1 nitrogen and oxygen atoms in total. The molecule has 0 aliphatic rings. The molecule has 0 N–H and O–H groups in total. The molecule has 0 rings (SSSR count). The minimum atomic E-state index is -1.24. The van der Waals surface area contributed by atoms with Crippen LogP contribution in [0.5, 0.6) is 0 Å². The van der Waals surface area contributed by atoms with E-state index in [0.717, 1.165) is 6.61 Å². The summed E-state index contributed by atoms with van der Waals surface area (Å²) in [5.74, 6) is 0. The first-order chi connectivity index (χ1) is 5.48. The highest BCUT2D eigenvalue weighted by Gasteiger charge is 2.23. The fourth-order valence-electron chi connectivity index (χ4n) is 1.53. The molecule has 0 amide bonds. The Morgan fingerprint density at radius 1 is 1.25 bits per heavy atom. The van der Waals surface area contributed by atoms with Gasteiger partial charge in [0.25, 0.3) is 0 Å². The lowest BCUT2D eigenvalue weighted by Crippen LogP contribution is -2.34. The third-order valence-corrected chi connectivity index (χ3v) is 10.1. The molecule has 0 aromatic heterocycles. The fraction of sp³-hybridized carbons (Fsp3) is 1.00.